The van der Waals surface area contributed by atoms with Gasteiger partial charge in [0.1, 0.15) is 0 Å². The van der Waals surface area contributed by atoms with Crippen LogP contribution in [0, 0.1) is 39.4 Å². The fourth-order valence-electron chi connectivity index (χ4n) is 9.22. The van der Waals surface area contributed by atoms with Gasteiger partial charge in [-0.15, -0.1) is 0 Å². The van der Waals surface area contributed by atoms with Crippen molar-refractivity contribution >= 4 is 5.78 Å². The zero-order chi connectivity index (χ0) is 24.6. The highest BCUT2D eigenvalue weighted by molar-refractivity contribution is 6.00. The third kappa shape index (κ3) is 3.46. The van der Waals surface area contributed by atoms with Gasteiger partial charge >= 0.3 is 0 Å². The Balaban J connectivity index is 1.75. The number of ketones is 1. The fourth-order valence-corrected chi connectivity index (χ4v) is 9.22. The van der Waals surface area contributed by atoms with E-state index in [9.17, 15) is 15.0 Å². The minimum Gasteiger partial charge on any atom is -0.393 e. The second kappa shape index (κ2) is 8.05. The first-order chi connectivity index (χ1) is 15.2. The van der Waals surface area contributed by atoms with Crippen LogP contribution in [0.3, 0.4) is 0 Å². The summed E-state index contributed by atoms with van der Waals surface area (Å²) in [6, 6.07) is 0. The Bertz CT molecular complexity index is 877. The molecule has 186 valence electrons. The van der Waals surface area contributed by atoms with Gasteiger partial charge in [-0.1, -0.05) is 53.2 Å². The van der Waals surface area contributed by atoms with E-state index in [0.29, 0.717) is 24.7 Å². The first kappa shape index (κ1) is 25.2. The quantitative estimate of drug-likeness (QED) is 0.467. The molecule has 4 rings (SSSR count). The Kier molecular flexibility index (Phi) is 6.14. The summed E-state index contributed by atoms with van der Waals surface area (Å²) < 4.78 is 0. The summed E-state index contributed by atoms with van der Waals surface area (Å²) in [6.07, 6.45) is 8.72. The zero-order valence-corrected chi connectivity index (χ0v) is 22.4. The first-order valence-corrected chi connectivity index (χ1v) is 13.5. The topological polar surface area (TPSA) is 57.5 Å². The SMILES string of the molecule is CC(C)=CCC[C@@H](C)[C@H]1CC[C@@]2(C)C3=C(C(=O)C[C@]12C)[C@@]1(C)CC[C@H](O)C(C)(C)[C@H]1C[C@H]3O. The van der Waals surface area contributed by atoms with Crippen molar-refractivity contribution in [3.05, 3.63) is 22.8 Å². The third-order valence-electron chi connectivity index (χ3n) is 11.4. The van der Waals surface area contributed by atoms with Gasteiger partial charge in [-0.3, -0.25) is 4.79 Å². The zero-order valence-electron chi connectivity index (χ0n) is 22.4. The number of fused-ring (bicyclic) bond motifs is 4. The van der Waals surface area contributed by atoms with Gasteiger partial charge in [0.2, 0.25) is 0 Å². The second-order valence-electron chi connectivity index (χ2n) is 13.7. The van der Waals surface area contributed by atoms with Crippen molar-refractivity contribution in [1.82, 2.24) is 0 Å². The summed E-state index contributed by atoms with van der Waals surface area (Å²) in [5.41, 5.74) is 2.66. The van der Waals surface area contributed by atoms with Crippen molar-refractivity contribution in [1.29, 1.82) is 0 Å². The van der Waals surface area contributed by atoms with Gasteiger partial charge in [0.25, 0.3) is 0 Å². The molecule has 2 saturated carbocycles. The molecule has 0 heterocycles. The average molecular weight is 457 g/mol. The van der Waals surface area contributed by atoms with Crippen LogP contribution in [0.4, 0.5) is 0 Å². The monoisotopic (exact) mass is 456 g/mol. The maximum atomic E-state index is 14.0. The molecule has 0 aliphatic heterocycles. The lowest BCUT2D eigenvalue weighted by atomic mass is 9.42. The Morgan fingerprint density at radius 3 is 2.39 bits per heavy atom. The van der Waals surface area contributed by atoms with E-state index in [1.807, 2.05) is 0 Å². The maximum Gasteiger partial charge on any atom is 0.160 e. The molecule has 0 aromatic carbocycles. The number of hydrogen-bond donors (Lipinski definition) is 2. The van der Waals surface area contributed by atoms with Crippen molar-refractivity contribution in [2.24, 2.45) is 39.4 Å². The molecule has 33 heavy (non-hydrogen) atoms. The first-order valence-electron chi connectivity index (χ1n) is 13.5. The van der Waals surface area contributed by atoms with E-state index in [1.165, 1.54) is 5.57 Å². The van der Waals surface area contributed by atoms with Gasteiger partial charge in [-0.25, -0.2) is 0 Å². The van der Waals surface area contributed by atoms with E-state index in [2.05, 4.69) is 61.5 Å². The number of Topliss-reactive ketones (excluding diaryl/α,β-unsaturated/α-hetero) is 1. The van der Waals surface area contributed by atoms with Gasteiger partial charge in [0.05, 0.1) is 12.2 Å². The van der Waals surface area contributed by atoms with Crippen LogP contribution in [0.1, 0.15) is 107 Å². The molecule has 0 spiro atoms. The summed E-state index contributed by atoms with van der Waals surface area (Å²) >= 11 is 0. The molecular weight excluding hydrogens is 408 g/mol. The number of carbonyl (C=O) groups is 1. The highest BCUT2D eigenvalue weighted by Gasteiger charge is 2.67. The summed E-state index contributed by atoms with van der Waals surface area (Å²) in [7, 11) is 0. The van der Waals surface area contributed by atoms with Crippen molar-refractivity contribution in [3.63, 3.8) is 0 Å². The van der Waals surface area contributed by atoms with E-state index >= 15 is 0 Å². The summed E-state index contributed by atoms with van der Waals surface area (Å²) in [5.74, 6) is 1.48. The van der Waals surface area contributed by atoms with Crippen LogP contribution in [-0.2, 0) is 4.79 Å². The van der Waals surface area contributed by atoms with Crippen LogP contribution in [0.5, 0.6) is 0 Å². The lowest BCUT2D eigenvalue weighted by Gasteiger charge is -2.62. The highest BCUT2D eigenvalue weighted by atomic mass is 16.3. The molecule has 4 aliphatic carbocycles. The molecule has 2 N–H and O–H groups in total. The molecule has 0 saturated heterocycles. The molecular formula is C30H48O3. The summed E-state index contributed by atoms with van der Waals surface area (Å²) in [4.78, 5) is 14.0. The molecule has 2 fully saturated rings. The van der Waals surface area contributed by atoms with E-state index < -0.39 is 6.10 Å². The number of aliphatic hydroxyl groups excluding tert-OH is 2. The van der Waals surface area contributed by atoms with Gasteiger partial charge in [-0.05, 0) is 104 Å². The van der Waals surface area contributed by atoms with Crippen LogP contribution in [0.15, 0.2) is 22.8 Å². The van der Waals surface area contributed by atoms with Crippen LogP contribution in [0.2, 0.25) is 0 Å². The third-order valence-corrected chi connectivity index (χ3v) is 11.4. The molecule has 0 radical (unpaired) electrons. The van der Waals surface area contributed by atoms with Crippen molar-refractivity contribution in [2.45, 2.75) is 119 Å². The smallest absolute Gasteiger partial charge is 0.160 e. The molecule has 0 aromatic rings. The fraction of sp³-hybridized carbons (Fsp3) is 0.833. The van der Waals surface area contributed by atoms with E-state index in [4.69, 9.17) is 0 Å². The molecule has 0 aromatic heterocycles. The highest BCUT2D eigenvalue weighted by Crippen LogP contribution is 2.71. The molecule has 3 nitrogen and oxygen atoms in total. The van der Waals surface area contributed by atoms with Crippen LogP contribution < -0.4 is 0 Å². The van der Waals surface area contributed by atoms with Crippen molar-refractivity contribution in [3.8, 4) is 0 Å². The minimum atomic E-state index is -0.573. The lowest BCUT2D eigenvalue weighted by Crippen LogP contribution is -2.59. The van der Waals surface area contributed by atoms with Crippen molar-refractivity contribution < 1.29 is 15.0 Å². The summed E-state index contributed by atoms with van der Waals surface area (Å²) in [5, 5.41) is 22.4. The number of rotatable bonds is 4. The lowest BCUT2D eigenvalue weighted by molar-refractivity contribution is -0.137. The number of aliphatic hydroxyl groups is 2. The van der Waals surface area contributed by atoms with Gasteiger partial charge < -0.3 is 10.2 Å². The Morgan fingerprint density at radius 1 is 1.09 bits per heavy atom. The van der Waals surface area contributed by atoms with Crippen molar-refractivity contribution in [2.75, 3.05) is 0 Å². The number of allylic oxidation sites excluding steroid dienone is 3. The van der Waals surface area contributed by atoms with Crippen LogP contribution >= 0.6 is 0 Å². The van der Waals surface area contributed by atoms with Crippen LogP contribution in [0.25, 0.3) is 0 Å². The van der Waals surface area contributed by atoms with Gasteiger partial charge in [-0.2, -0.15) is 0 Å². The maximum absolute atomic E-state index is 14.0. The normalized spacial score (nSPS) is 45.2. The van der Waals surface area contributed by atoms with Gasteiger partial charge in [0.15, 0.2) is 5.78 Å². The number of carbonyl (C=O) groups excluding carboxylic acids is 1. The van der Waals surface area contributed by atoms with Gasteiger partial charge in [0, 0.05) is 12.0 Å². The molecule has 3 heteroatoms. The molecule has 8 atom stereocenters. The van der Waals surface area contributed by atoms with E-state index in [-0.39, 0.29) is 39.5 Å². The predicted octanol–water partition coefficient (Wildman–Crippen LogP) is 6.63. The largest absolute Gasteiger partial charge is 0.393 e. The second-order valence-corrected chi connectivity index (χ2v) is 13.7. The average Bonchev–Trinajstić information content (AvgIpc) is 2.97. The predicted molar refractivity (Wildman–Crippen MR) is 135 cm³/mol. The molecule has 0 amide bonds. The minimum absolute atomic E-state index is 0.0960. The Morgan fingerprint density at radius 2 is 1.76 bits per heavy atom. The molecule has 0 unspecified atom stereocenters. The van der Waals surface area contributed by atoms with E-state index in [0.717, 1.165) is 49.7 Å². The molecule has 4 aliphatic rings. The van der Waals surface area contributed by atoms with Crippen LogP contribution in [-0.4, -0.2) is 28.2 Å². The molecule has 0 bridgehead atoms. The summed E-state index contributed by atoms with van der Waals surface area (Å²) in [6.45, 7) is 18.0. The standard InChI is InChI=1S/C30H48O3/c1-18(2)10-9-11-19(3)20-12-15-29(7)26-21(31)16-23-27(4,5)24(33)13-14-28(23,6)25(26)22(32)17-30(20,29)8/h10,19-21,23-24,31,33H,9,11-17H2,1-8H3/t19-,20-,21-,23-,24+,28+,29+,30-/m1/s1. The number of hydrogen-bond acceptors (Lipinski definition) is 3. The Hall–Kier alpha value is -0.930. The Labute approximate surface area is 202 Å². The van der Waals surface area contributed by atoms with E-state index in [1.54, 1.807) is 0 Å².